The van der Waals surface area contributed by atoms with Gasteiger partial charge < -0.3 is 15.5 Å². The second-order valence-corrected chi connectivity index (χ2v) is 6.58. The van der Waals surface area contributed by atoms with Crippen molar-refractivity contribution in [3.05, 3.63) is 53.6 Å². The topological polar surface area (TPSA) is 78.5 Å². The van der Waals surface area contributed by atoms with Crippen molar-refractivity contribution in [2.45, 2.75) is 33.1 Å². The molecular weight excluding hydrogens is 342 g/mol. The summed E-state index contributed by atoms with van der Waals surface area (Å²) in [6.45, 7) is 4.35. The van der Waals surface area contributed by atoms with Crippen molar-refractivity contribution >= 4 is 34.8 Å². The van der Waals surface area contributed by atoms with Crippen LogP contribution in [0.3, 0.4) is 0 Å². The van der Waals surface area contributed by atoms with Gasteiger partial charge in [-0.15, -0.1) is 0 Å². The third kappa shape index (κ3) is 4.34. The van der Waals surface area contributed by atoms with Crippen molar-refractivity contribution < 1.29 is 14.4 Å². The van der Waals surface area contributed by atoms with Gasteiger partial charge in [-0.1, -0.05) is 19.1 Å². The van der Waals surface area contributed by atoms with Gasteiger partial charge in [-0.05, 0) is 49.2 Å². The predicted octanol–water partition coefficient (Wildman–Crippen LogP) is 3.72. The maximum Gasteiger partial charge on any atom is 0.255 e. The molecule has 3 amide bonds. The van der Waals surface area contributed by atoms with E-state index >= 15 is 0 Å². The van der Waals surface area contributed by atoms with Crippen molar-refractivity contribution in [2.75, 3.05) is 22.1 Å². The number of nitrogens with zero attached hydrogens (tertiary/aromatic N) is 1. The molecule has 6 nitrogen and oxygen atoms in total. The van der Waals surface area contributed by atoms with Gasteiger partial charge in [-0.2, -0.15) is 0 Å². The number of anilines is 3. The number of aryl methyl sites for hydroxylation is 1. The van der Waals surface area contributed by atoms with Crippen molar-refractivity contribution in [3.8, 4) is 0 Å². The summed E-state index contributed by atoms with van der Waals surface area (Å²) < 4.78 is 0. The highest BCUT2D eigenvalue weighted by atomic mass is 16.2. The van der Waals surface area contributed by atoms with E-state index in [1.807, 2.05) is 19.1 Å². The fourth-order valence-corrected chi connectivity index (χ4v) is 3.01. The van der Waals surface area contributed by atoms with E-state index in [1.54, 1.807) is 42.2 Å². The number of hydrogen-bond acceptors (Lipinski definition) is 3. The average molecular weight is 365 g/mol. The summed E-state index contributed by atoms with van der Waals surface area (Å²) in [6, 6.07) is 12.5. The van der Waals surface area contributed by atoms with Gasteiger partial charge in [-0.3, -0.25) is 14.4 Å². The Hall–Kier alpha value is -3.15. The van der Waals surface area contributed by atoms with Crippen LogP contribution in [0.25, 0.3) is 0 Å². The Morgan fingerprint density at radius 2 is 1.93 bits per heavy atom. The minimum Gasteiger partial charge on any atom is -0.326 e. The van der Waals surface area contributed by atoms with Crippen LogP contribution < -0.4 is 15.5 Å². The van der Waals surface area contributed by atoms with Gasteiger partial charge in [0.15, 0.2) is 0 Å². The number of carbonyl (C=O) groups is 3. The van der Waals surface area contributed by atoms with Crippen molar-refractivity contribution in [2.24, 2.45) is 0 Å². The van der Waals surface area contributed by atoms with E-state index < -0.39 is 0 Å². The largest absolute Gasteiger partial charge is 0.326 e. The van der Waals surface area contributed by atoms with Crippen LogP contribution in [0, 0.1) is 6.92 Å². The Morgan fingerprint density at radius 1 is 1.11 bits per heavy atom. The lowest BCUT2D eigenvalue weighted by Gasteiger charge is -2.17. The second kappa shape index (κ2) is 8.03. The Bertz CT molecular complexity index is 892. The smallest absolute Gasteiger partial charge is 0.255 e. The number of hydrogen-bond donors (Lipinski definition) is 2. The molecule has 1 heterocycles. The lowest BCUT2D eigenvalue weighted by Crippen LogP contribution is -2.24. The molecule has 0 atom stereocenters. The zero-order chi connectivity index (χ0) is 19.4. The summed E-state index contributed by atoms with van der Waals surface area (Å²) in [5, 5.41) is 5.68. The van der Waals surface area contributed by atoms with Gasteiger partial charge in [0.2, 0.25) is 11.8 Å². The van der Waals surface area contributed by atoms with Crippen molar-refractivity contribution in [1.82, 2.24) is 0 Å². The molecule has 0 aliphatic carbocycles. The molecule has 0 spiro atoms. The van der Waals surface area contributed by atoms with Gasteiger partial charge in [-0.25, -0.2) is 0 Å². The monoisotopic (exact) mass is 365 g/mol. The minimum atomic E-state index is -0.259. The summed E-state index contributed by atoms with van der Waals surface area (Å²) in [5.41, 5.74) is 3.39. The van der Waals surface area contributed by atoms with Gasteiger partial charge in [0.1, 0.15) is 0 Å². The molecule has 1 saturated heterocycles. The van der Waals surface area contributed by atoms with Gasteiger partial charge >= 0.3 is 0 Å². The minimum absolute atomic E-state index is 0.0842. The SMILES string of the molecule is CCC(=O)Nc1ccc(C)c(NC(=O)c2cccc(N3CCCC3=O)c2)c1. The summed E-state index contributed by atoms with van der Waals surface area (Å²) in [6.07, 6.45) is 1.77. The molecule has 0 radical (unpaired) electrons. The molecule has 0 bridgehead atoms. The summed E-state index contributed by atoms with van der Waals surface area (Å²) in [5.74, 6) is -0.257. The molecule has 0 aromatic heterocycles. The quantitative estimate of drug-likeness (QED) is 0.847. The van der Waals surface area contributed by atoms with Crippen molar-refractivity contribution in [3.63, 3.8) is 0 Å². The predicted molar refractivity (Wildman–Crippen MR) is 106 cm³/mol. The third-order valence-corrected chi connectivity index (χ3v) is 4.58. The van der Waals surface area contributed by atoms with Crippen molar-refractivity contribution in [1.29, 1.82) is 0 Å². The maximum atomic E-state index is 12.7. The molecule has 2 N–H and O–H groups in total. The maximum absolute atomic E-state index is 12.7. The number of nitrogens with one attached hydrogen (secondary N) is 2. The Morgan fingerprint density at radius 3 is 2.63 bits per heavy atom. The van der Waals surface area contributed by atoms with E-state index in [0.29, 0.717) is 36.3 Å². The highest BCUT2D eigenvalue weighted by Crippen LogP contribution is 2.24. The third-order valence-electron chi connectivity index (χ3n) is 4.58. The molecule has 1 fully saturated rings. The first kappa shape index (κ1) is 18.6. The number of carbonyl (C=O) groups excluding carboxylic acids is 3. The fraction of sp³-hybridized carbons (Fsp3) is 0.286. The van der Waals surface area contributed by atoms with Crippen LogP contribution in [0.5, 0.6) is 0 Å². The molecule has 0 saturated carbocycles. The van der Waals surface area contributed by atoms with Crippen LogP contribution >= 0.6 is 0 Å². The second-order valence-electron chi connectivity index (χ2n) is 6.58. The van der Waals surface area contributed by atoms with E-state index in [2.05, 4.69) is 10.6 Å². The molecule has 1 aliphatic heterocycles. The van der Waals surface area contributed by atoms with Crippen LogP contribution in [0.1, 0.15) is 42.1 Å². The standard InChI is InChI=1S/C21H23N3O3/c1-3-19(25)22-16-10-9-14(2)18(13-16)23-21(27)15-6-4-7-17(12-15)24-11-5-8-20(24)26/h4,6-7,9-10,12-13H,3,5,8,11H2,1-2H3,(H,22,25)(H,23,27). The summed E-state index contributed by atoms with van der Waals surface area (Å²) in [4.78, 5) is 37.9. The first-order chi connectivity index (χ1) is 13.0. The van der Waals surface area contributed by atoms with Gasteiger partial charge in [0.25, 0.3) is 5.91 Å². The zero-order valence-corrected chi connectivity index (χ0v) is 15.5. The average Bonchev–Trinajstić information content (AvgIpc) is 3.10. The molecule has 27 heavy (non-hydrogen) atoms. The van der Waals surface area contributed by atoms with E-state index in [0.717, 1.165) is 17.7 Å². The first-order valence-electron chi connectivity index (χ1n) is 9.10. The first-order valence-corrected chi connectivity index (χ1v) is 9.10. The normalized spacial score (nSPS) is 13.6. The molecule has 1 aliphatic rings. The van der Waals surface area contributed by atoms with Crippen LogP contribution in [-0.2, 0) is 9.59 Å². The van der Waals surface area contributed by atoms with Gasteiger partial charge in [0.05, 0.1) is 0 Å². The highest BCUT2D eigenvalue weighted by molar-refractivity contribution is 6.06. The lowest BCUT2D eigenvalue weighted by atomic mass is 10.1. The molecule has 2 aromatic rings. The highest BCUT2D eigenvalue weighted by Gasteiger charge is 2.22. The Balaban J connectivity index is 1.78. The number of benzene rings is 2. The Labute approximate surface area is 158 Å². The van der Waals surface area contributed by atoms with Crippen LogP contribution in [0.2, 0.25) is 0 Å². The summed E-state index contributed by atoms with van der Waals surface area (Å²) in [7, 11) is 0. The van der Waals surface area contributed by atoms with E-state index in [4.69, 9.17) is 0 Å². The number of amides is 3. The van der Waals surface area contributed by atoms with E-state index in [1.165, 1.54) is 0 Å². The molecular formula is C21H23N3O3. The van der Waals surface area contributed by atoms with Crippen LogP contribution in [0.15, 0.2) is 42.5 Å². The lowest BCUT2D eigenvalue weighted by molar-refractivity contribution is -0.117. The van der Waals surface area contributed by atoms with Crippen LogP contribution in [0.4, 0.5) is 17.1 Å². The number of rotatable bonds is 5. The molecule has 140 valence electrons. The molecule has 3 rings (SSSR count). The molecule has 6 heteroatoms. The molecule has 2 aromatic carbocycles. The van der Waals surface area contributed by atoms with E-state index in [-0.39, 0.29) is 17.7 Å². The van der Waals surface area contributed by atoms with Crippen LogP contribution in [-0.4, -0.2) is 24.3 Å². The van der Waals surface area contributed by atoms with Gasteiger partial charge in [0, 0.05) is 42.0 Å². The summed E-state index contributed by atoms with van der Waals surface area (Å²) >= 11 is 0. The van der Waals surface area contributed by atoms with E-state index in [9.17, 15) is 14.4 Å². The Kier molecular flexibility index (Phi) is 5.54. The zero-order valence-electron chi connectivity index (χ0n) is 15.5. The molecule has 0 unspecified atom stereocenters. The fourth-order valence-electron chi connectivity index (χ4n) is 3.01.